The van der Waals surface area contributed by atoms with E-state index in [0.717, 1.165) is 12.0 Å². The third-order valence-electron chi connectivity index (χ3n) is 1.83. The molecule has 0 aromatic heterocycles. The van der Waals surface area contributed by atoms with Crippen LogP contribution in [0.5, 0.6) is 0 Å². The molecular formula is C9H8O2. The van der Waals surface area contributed by atoms with Gasteiger partial charge in [0.15, 0.2) is 11.9 Å². The Morgan fingerprint density at radius 3 is 3.27 bits per heavy atom. The van der Waals surface area contributed by atoms with Crippen molar-refractivity contribution in [2.45, 2.75) is 12.5 Å². The molecule has 0 N–H and O–H groups in total. The van der Waals surface area contributed by atoms with Crippen LogP contribution in [0.15, 0.2) is 36.1 Å². The van der Waals surface area contributed by atoms with Gasteiger partial charge in [-0.15, -0.1) is 0 Å². The van der Waals surface area contributed by atoms with Crippen LogP contribution in [0.3, 0.4) is 0 Å². The Morgan fingerprint density at radius 2 is 2.45 bits per heavy atom. The predicted octanol–water partition coefficient (Wildman–Crippen LogP) is 1.35. The molecule has 2 aliphatic rings. The van der Waals surface area contributed by atoms with Gasteiger partial charge in [0.05, 0.1) is 6.26 Å². The Morgan fingerprint density at radius 1 is 1.55 bits per heavy atom. The summed E-state index contributed by atoms with van der Waals surface area (Å²) in [5, 5.41) is 0. The fourth-order valence-electron chi connectivity index (χ4n) is 1.29. The minimum absolute atomic E-state index is 0.0480. The summed E-state index contributed by atoms with van der Waals surface area (Å²) in [7, 11) is 0. The highest BCUT2D eigenvalue weighted by Crippen LogP contribution is 2.21. The molecule has 0 aromatic rings. The fraction of sp³-hybridized carbons (Fsp3) is 0.222. The van der Waals surface area contributed by atoms with E-state index in [-0.39, 0.29) is 11.9 Å². The zero-order chi connectivity index (χ0) is 7.68. The number of fused-ring (bicyclic) bond motifs is 1. The first kappa shape index (κ1) is 6.40. The topological polar surface area (TPSA) is 26.3 Å². The Labute approximate surface area is 64.9 Å². The normalized spacial score (nSPS) is 27.5. The molecule has 0 radical (unpaired) electrons. The van der Waals surface area contributed by atoms with Crippen LogP contribution in [-0.4, -0.2) is 11.9 Å². The lowest BCUT2D eigenvalue weighted by atomic mass is 9.95. The van der Waals surface area contributed by atoms with Gasteiger partial charge < -0.3 is 4.74 Å². The maximum absolute atomic E-state index is 11.1. The molecule has 0 saturated carbocycles. The zero-order valence-electron chi connectivity index (χ0n) is 5.99. The lowest BCUT2D eigenvalue weighted by Crippen LogP contribution is -2.26. The molecule has 0 amide bonds. The van der Waals surface area contributed by atoms with E-state index in [2.05, 4.69) is 0 Å². The van der Waals surface area contributed by atoms with Crippen LogP contribution in [0.1, 0.15) is 6.42 Å². The molecule has 11 heavy (non-hydrogen) atoms. The number of carbonyl (C=O) groups is 1. The lowest BCUT2D eigenvalue weighted by molar-refractivity contribution is -0.121. The van der Waals surface area contributed by atoms with Gasteiger partial charge in [-0.25, -0.2) is 0 Å². The molecule has 0 aromatic carbocycles. The maximum Gasteiger partial charge on any atom is 0.200 e. The first-order valence-electron chi connectivity index (χ1n) is 3.59. The van der Waals surface area contributed by atoms with Crippen LogP contribution < -0.4 is 0 Å². The second kappa shape index (κ2) is 2.38. The molecule has 56 valence electrons. The smallest absolute Gasteiger partial charge is 0.200 e. The number of rotatable bonds is 0. The minimum Gasteiger partial charge on any atom is -0.485 e. The van der Waals surface area contributed by atoms with E-state index < -0.39 is 0 Å². The van der Waals surface area contributed by atoms with Gasteiger partial charge >= 0.3 is 0 Å². The van der Waals surface area contributed by atoms with Crippen LogP contribution in [-0.2, 0) is 9.53 Å². The molecule has 0 spiro atoms. The largest absolute Gasteiger partial charge is 0.485 e. The summed E-state index contributed by atoms with van der Waals surface area (Å²) in [5.74, 6) is 0.0480. The van der Waals surface area contributed by atoms with Crippen molar-refractivity contribution in [1.29, 1.82) is 0 Å². The van der Waals surface area contributed by atoms with Crippen molar-refractivity contribution < 1.29 is 9.53 Å². The van der Waals surface area contributed by atoms with Crippen molar-refractivity contribution in [1.82, 2.24) is 0 Å². The van der Waals surface area contributed by atoms with Gasteiger partial charge in [0.1, 0.15) is 0 Å². The molecule has 1 atom stereocenters. The average Bonchev–Trinajstić information content (AvgIpc) is 2.06. The first-order chi connectivity index (χ1) is 5.38. The Bertz CT molecular complexity index is 271. The quantitative estimate of drug-likeness (QED) is 0.518. The number of allylic oxidation sites excluding steroid dienone is 3. The summed E-state index contributed by atoms with van der Waals surface area (Å²) >= 11 is 0. The molecule has 2 nitrogen and oxygen atoms in total. The molecule has 2 heteroatoms. The summed E-state index contributed by atoms with van der Waals surface area (Å²) in [6.07, 6.45) is 9.28. The first-order valence-corrected chi connectivity index (χ1v) is 3.59. The molecule has 0 fully saturated rings. The predicted molar refractivity (Wildman–Crippen MR) is 40.9 cm³/mol. The standard InChI is InChI=1S/C9H8O2/c10-8-5-1-3-7-4-2-6-11-9(7)8/h1-2,4-6,9H,3H2. The van der Waals surface area contributed by atoms with Crippen LogP contribution in [0.2, 0.25) is 0 Å². The maximum atomic E-state index is 11.1. The number of hydrogen-bond acceptors (Lipinski definition) is 2. The summed E-state index contributed by atoms with van der Waals surface area (Å²) in [6.45, 7) is 0. The van der Waals surface area contributed by atoms with Gasteiger partial charge in [-0.1, -0.05) is 12.2 Å². The summed E-state index contributed by atoms with van der Waals surface area (Å²) < 4.78 is 5.14. The summed E-state index contributed by atoms with van der Waals surface area (Å²) in [4.78, 5) is 11.1. The van der Waals surface area contributed by atoms with Crippen molar-refractivity contribution in [3.63, 3.8) is 0 Å². The fourth-order valence-corrected chi connectivity index (χ4v) is 1.29. The molecule has 2 rings (SSSR count). The number of hydrogen-bond donors (Lipinski definition) is 0. The SMILES string of the molecule is O=C1C=CCC2=CC=COC12. The number of ether oxygens (including phenoxy) is 1. The van der Waals surface area contributed by atoms with E-state index >= 15 is 0 Å². The Balaban J connectivity index is 2.34. The Kier molecular flexibility index (Phi) is 1.39. The van der Waals surface area contributed by atoms with Crippen LogP contribution in [0, 0.1) is 0 Å². The van der Waals surface area contributed by atoms with Crippen molar-refractivity contribution in [3.05, 3.63) is 36.1 Å². The summed E-state index contributed by atoms with van der Waals surface area (Å²) in [6, 6.07) is 0. The van der Waals surface area contributed by atoms with E-state index in [4.69, 9.17) is 4.74 Å². The molecule has 1 heterocycles. The van der Waals surface area contributed by atoms with E-state index in [1.54, 1.807) is 12.3 Å². The molecule has 1 unspecified atom stereocenters. The van der Waals surface area contributed by atoms with Gasteiger partial charge in [0, 0.05) is 0 Å². The van der Waals surface area contributed by atoms with Gasteiger partial charge in [-0.05, 0) is 24.1 Å². The number of carbonyl (C=O) groups excluding carboxylic acids is 1. The van der Waals surface area contributed by atoms with Gasteiger partial charge in [0.25, 0.3) is 0 Å². The third kappa shape index (κ3) is 1.00. The number of ketones is 1. The van der Waals surface area contributed by atoms with E-state index in [9.17, 15) is 4.79 Å². The van der Waals surface area contributed by atoms with Crippen LogP contribution in [0.25, 0.3) is 0 Å². The van der Waals surface area contributed by atoms with Crippen molar-refractivity contribution >= 4 is 5.78 Å². The Hall–Kier alpha value is -1.31. The lowest BCUT2D eigenvalue weighted by Gasteiger charge is -2.21. The van der Waals surface area contributed by atoms with E-state index in [1.165, 1.54) is 0 Å². The second-order valence-electron chi connectivity index (χ2n) is 2.60. The second-order valence-corrected chi connectivity index (χ2v) is 2.60. The van der Waals surface area contributed by atoms with Crippen LogP contribution in [0.4, 0.5) is 0 Å². The highest BCUT2D eigenvalue weighted by Gasteiger charge is 2.24. The minimum atomic E-state index is -0.329. The van der Waals surface area contributed by atoms with Crippen LogP contribution >= 0.6 is 0 Å². The average molecular weight is 148 g/mol. The van der Waals surface area contributed by atoms with Gasteiger partial charge in [-0.3, -0.25) is 4.79 Å². The third-order valence-corrected chi connectivity index (χ3v) is 1.83. The van der Waals surface area contributed by atoms with Crippen molar-refractivity contribution in [2.75, 3.05) is 0 Å². The van der Waals surface area contributed by atoms with E-state index in [1.807, 2.05) is 18.2 Å². The highest BCUT2D eigenvalue weighted by molar-refractivity contribution is 5.97. The van der Waals surface area contributed by atoms with Crippen molar-refractivity contribution in [2.24, 2.45) is 0 Å². The summed E-state index contributed by atoms with van der Waals surface area (Å²) in [5.41, 5.74) is 1.06. The molecular weight excluding hydrogens is 140 g/mol. The highest BCUT2D eigenvalue weighted by atomic mass is 16.5. The van der Waals surface area contributed by atoms with Gasteiger partial charge in [-0.2, -0.15) is 0 Å². The monoisotopic (exact) mass is 148 g/mol. The van der Waals surface area contributed by atoms with Crippen molar-refractivity contribution in [3.8, 4) is 0 Å². The molecule has 1 aliphatic heterocycles. The molecule has 0 bridgehead atoms. The zero-order valence-corrected chi connectivity index (χ0v) is 5.99. The van der Waals surface area contributed by atoms with Gasteiger partial charge in [0.2, 0.25) is 0 Å². The molecule has 1 aliphatic carbocycles. The molecule has 0 saturated heterocycles. The van der Waals surface area contributed by atoms with E-state index in [0.29, 0.717) is 0 Å².